The third kappa shape index (κ3) is 4.50. The Morgan fingerprint density at radius 2 is 1.94 bits per heavy atom. The van der Waals surface area contributed by atoms with Crippen LogP contribution in [0.2, 0.25) is 0 Å². The van der Waals surface area contributed by atoms with Crippen LogP contribution in [0, 0.1) is 6.92 Å². The molecule has 0 fully saturated rings. The third-order valence-electron chi connectivity index (χ3n) is 5.24. The minimum atomic E-state index is -1.01. The van der Waals surface area contributed by atoms with Gasteiger partial charge in [-0.15, -0.1) is 0 Å². The van der Waals surface area contributed by atoms with E-state index in [1.165, 1.54) is 6.92 Å². The second-order valence-corrected chi connectivity index (χ2v) is 7.41. The molecular formula is C22H27N5O4. The summed E-state index contributed by atoms with van der Waals surface area (Å²) in [7, 11) is 0. The Kier molecular flexibility index (Phi) is 6.53. The van der Waals surface area contributed by atoms with Gasteiger partial charge in [0.25, 0.3) is 11.5 Å². The molecule has 3 rings (SSSR count). The molecule has 3 aromatic rings. The highest BCUT2D eigenvalue weighted by molar-refractivity contribution is 5.98. The summed E-state index contributed by atoms with van der Waals surface area (Å²) in [4.78, 5) is 41.7. The van der Waals surface area contributed by atoms with E-state index in [1.54, 1.807) is 46.6 Å². The van der Waals surface area contributed by atoms with Crippen molar-refractivity contribution in [3.8, 4) is 0 Å². The monoisotopic (exact) mass is 425 g/mol. The van der Waals surface area contributed by atoms with Gasteiger partial charge < -0.3 is 14.6 Å². The van der Waals surface area contributed by atoms with Crippen molar-refractivity contribution in [2.45, 2.75) is 59.7 Å². The van der Waals surface area contributed by atoms with E-state index < -0.39 is 18.0 Å². The van der Waals surface area contributed by atoms with Crippen LogP contribution in [-0.4, -0.2) is 37.3 Å². The lowest BCUT2D eigenvalue weighted by atomic mass is 10.2. The predicted molar refractivity (Wildman–Crippen MR) is 117 cm³/mol. The Hall–Kier alpha value is -3.49. The summed E-state index contributed by atoms with van der Waals surface area (Å²) in [6.45, 7) is 9.54. The Morgan fingerprint density at radius 3 is 2.61 bits per heavy atom. The maximum Gasteiger partial charge on any atom is 0.338 e. The number of anilines is 1. The molecule has 0 unspecified atom stereocenters. The normalized spacial score (nSPS) is 13.1. The largest absolute Gasteiger partial charge is 0.449 e. The van der Waals surface area contributed by atoms with E-state index in [2.05, 4.69) is 15.4 Å². The van der Waals surface area contributed by atoms with Crippen LogP contribution in [0.25, 0.3) is 11.0 Å². The van der Waals surface area contributed by atoms with Crippen LogP contribution in [0.3, 0.4) is 0 Å². The number of benzene rings is 1. The first kappa shape index (κ1) is 22.2. The van der Waals surface area contributed by atoms with Crippen molar-refractivity contribution >= 4 is 28.7 Å². The second-order valence-electron chi connectivity index (χ2n) is 7.41. The maximum absolute atomic E-state index is 12.6. The van der Waals surface area contributed by atoms with Crippen molar-refractivity contribution < 1.29 is 14.3 Å². The number of nitrogens with zero attached hydrogens (tertiary/aromatic N) is 4. The lowest BCUT2D eigenvalue weighted by Gasteiger charge is -2.17. The van der Waals surface area contributed by atoms with Gasteiger partial charge in [-0.25, -0.2) is 14.5 Å². The molecule has 2 aromatic heterocycles. The van der Waals surface area contributed by atoms with Gasteiger partial charge in [0.15, 0.2) is 6.10 Å². The molecule has 9 nitrogen and oxygen atoms in total. The average molecular weight is 425 g/mol. The lowest BCUT2D eigenvalue weighted by Crippen LogP contribution is -2.31. The zero-order valence-corrected chi connectivity index (χ0v) is 18.4. The van der Waals surface area contributed by atoms with Crippen LogP contribution < -0.4 is 10.9 Å². The van der Waals surface area contributed by atoms with Gasteiger partial charge in [0.1, 0.15) is 11.5 Å². The number of aromatic nitrogens is 4. The Labute approximate surface area is 180 Å². The summed E-state index contributed by atoms with van der Waals surface area (Å²) in [6.07, 6.45) is 1.46. The number of rotatable bonds is 7. The lowest BCUT2D eigenvalue weighted by molar-refractivity contribution is -0.123. The number of nitrogens with one attached hydrogen (secondary N) is 1. The summed E-state index contributed by atoms with van der Waals surface area (Å²) in [5.74, 6) is -0.549. The molecule has 0 aliphatic carbocycles. The van der Waals surface area contributed by atoms with E-state index in [-0.39, 0.29) is 17.2 Å². The van der Waals surface area contributed by atoms with Crippen LogP contribution >= 0.6 is 0 Å². The Morgan fingerprint density at radius 1 is 1.19 bits per heavy atom. The van der Waals surface area contributed by atoms with Crippen molar-refractivity contribution in [3.63, 3.8) is 0 Å². The highest BCUT2D eigenvalue weighted by atomic mass is 16.5. The fourth-order valence-electron chi connectivity index (χ4n) is 3.26. The fraction of sp³-hybridized carbons (Fsp3) is 0.409. The molecule has 0 aliphatic rings. The van der Waals surface area contributed by atoms with Crippen LogP contribution in [-0.2, 0) is 16.1 Å². The highest BCUT2D eigenvalue weighted by Crippen LogP contribution is 2.18. The van der Waals surface area contributed by atoms with Gasteiger partial charge >= 0.3 is 5.97 Å². The number of carbonyl (C=O) groups is 2. The smallest absolute Gasteiger partial charge is 0.338 e. The first-order valence-electron chi connectivity index (χ1n) is 10.3. The quantitative estimate of drug-likeness (QED) is 0.583. The Bertz CT molecular complexity index is 1180. The summed E-state index contributed by atoms with van der Waals surface area (Å²) in [6, 6.07) is 6.62. The number of aryl methyl sites for hydroxylation is 2. The first-order chi connectivity index (χ1) is 14.8. The molecule has 0 saturated heterocycles. The van der Waals surface area contributed by atoms with E-state index in [0.717, 1.165) is 6.42 Å². The standard InChI is InChI=1S/C22H27N5O4/c1-6-13(3)27-19(10-11-23-27)25-20(28)15(5)31-22(30)16-8-9-18-17(12-16)24-14(4)21(29)26(18)7-2/h8-13,15H,6-7H2,1-5H3,(H,25,28)/t13-,15+/m0/s1. The molecule has 9 heteroatoms. The molecule has 2 heterocycles. The molecule has 2 atom stereocenters. The minimum Gasteiger partial charge on any atom is -0.449 e. The first-order valence-corrected chi connectivity index (χ1v) is 10.3. The minimum absolute atomic E-state index is 0.122. The zero-order valence-electron chi connectivity index (χ0n) is 18.4. The maximum atomic E-state index is 12.6. The van der Waals surface area contributed by atoms with Crippen molar-refractivity contribution in [1.29, 1.82) is 0 Å². The third-order valence-corrected chi connectivity index (χ3v) is 5.24. The molecule has 164 valence electrons. The van der Waals surface area contributed by atoms with E-state index >= 15 is 0 Å². The summed E-state index contributed by atoms with van der Waals surface area (Å²) < 4.78 is 8.68. The van der Waals surface area contributed by atoms with Crippen molar-refractivity contribution in [2.24, 2.45) is 0 Å². The molecule has 0 saturated carbocycles. The molecule has 0 radical (unpaired) electrons. The molecule has 31 heavy (non-hydrogen) atoms. The predicted octanol–water partition coefficient (Wildman–Crippen LogP) is 3.08. The van der Waals surface area contributed by atoms with Gasteiger partial charge in [-0.2, -0.15) is 5.10 Å². The van der Waals surface area contributed by atoms with E-state index in [4.69, 9.17) is 4.74 Å². The van der Waals surface area contributed by atoms with Gasteiger partial charge in [-0.05, 0) is 52.3 Å². The van der Waals surface area contributed by atoms with Crippen molar-refractivity contribution in [2.75, 3.05) is 5.32 Å². The number of amides is 1. The number of carbonyl (C=O) groups excluding carboxylic acids is 2. The summed E-state index contributed by atoms with van der Waals surface area (Å²) >= 11 is 0. The van der Waals surface area contributed by atoms with Crippen molar-refractivity contribution in [1.82, 2.24) is 19.3 Å². The summed E-state index contributed by atoms with van der Waals surface area (Å²) in [5.41, 5.74) is 1.60. The molecule has 0 aliphatic heterocycles. The van der Waals surface area contributed by atoms with Crippen LogP contribution in [0.5, 0.6) is 0 Å². The molecule has 1 amide bonds. The molecule has 0 spiro atoms. The molecule has 1 N–H and O–H groups in total. The number of hydrogen-bond acceptors (Lipinski definition) is 6. The average Bonchev–Trinajstić information content (AvgIpc) is 3.21. The highest BCUT2D eigenvalue weighted by Gasteiger charge is 2.21. The number of hydrogen-bond donors (Lipinski definition) is 1. The fourth-order valence-corrected chi connectivity index (χ4v) is 3.26. The van der Waals surface area contributed by atoms with Gasteiger partial charge in [0.2, 0.25) is 0 Å². The SMILES string of the molecule is CC[C@H](C)n1nccc1NC(=O)[C@@H](C)OC(=O)c1ccc2c(c1)nc(C)c(=O)n2CC. The van der Waals surface area contributed by atoms with Crippen molar-refractivity contribution in [3.05, 3.63) is 52.1 Å². The molecule has 0 bridgehead atoms. The summed E-state index contributed by atoms with van der Waals surface area (Å²) in [5, 5.41) is 6.98. The van der Waals surface area contributed by atoms with E-state index in [0.29, 0.717) is 29.1 Å². The van der Waals surface area contributed by atoms with Crippen LogP contribution in [0.15, 0.2) is 35.3 Å². The topological polar surface area (TPSA) is 108 Å². The van der Waals surface area contributed by atoms with Crippen LogP contribution in [0.4, 0.5) is 5.82 Å². The Balaban J connectivity index is 1.76. The van der Waals surface area contributed by atoms with Gasteiger partial charge in [-0.1, -0.05) is 6.92 Å². The zero-order chi connectivity index (χ0) is 22.7. The number of esters is 1. The number of ether oxygens (including phenoxy) is 1. The molecular weight excluding hydrogens is 398 g/mol. The van der Waals surface area contributed by atoms with E-state index in [1.807, 2.05) is 20.8 Å². The van der Waals surface area contributed by atoms with Crippen LogP contribution in [0.1, 0.15) is 56.2 Å². The van der Waals surface area contributed by atoms with E-state index in [9.17, 15) is 14.4 Å². The molecule has 1 aromatic carbocycles. The van der Waals surface area contributed by atoms with Gasteiger partial charge in [-0.3, -0.25) is 9.59 Å². The second kappa shape index (κ2) is 9.11. The van der Waals surface area contributed by atoms with Gasteiger partial charge in [0.05, 0.1) is 28.8 Å². The number of fused-ring (bicyclic) bond motifs is 1. The van der Waals surface area contributed by atoms with Gasteiger partial charge in [0, 0.05) is 12.6 Å².